The van der Waals surface area contributed by atoms with E-state index in [9.17, 15) is 17.6 Å². The Bertz CT molecular complexity index is 1270. The highest BCUT2D eigenvalue weighted by molar-refractivity contribution is 7.92. The summed E-state index contributed by atoms with van der Waals surface area (Å²) in [6.45, 7) is 1.96. The standard InChI is InChI=1S/C23H22FN3O4S/c1-15-10-18-12-17(6-7-21(18)27(15)32(2,29)30)23(28)26-13-16-5-8-22(20(24)11-16)31-19-4-3-9-25-14-19/h3-9,11-12,14-15H,10,13H2,1-2H3,(H,26,28). The second kappa shape index (κ2) is 8.58. The number of benzene rings is 2. The number of nitrogens with one attached hydrogen (secondary N) is 1. The first-order chi connectivity index (χ1) is 15.2. The third-order valence-corrected chi connectivity index (χ3v) is 6.43. The van der Waals surface area contributed by atoms with Crippen LogP contribution in [-0.4, -0.2) is 31.6 Å². The van der Waals surface area contributed by atoms with Crippen molar-refractivity contribution in [3.8, 4) is 11.5 Å². The maximum Gasteiger partial charge on any atom is 0.251 e. The molecular formula is C23H22FN3O4S. The van der Waals surface area contributed by atoms with Gasteiger partial charge < -0.3 is 10.1 Å². The Labute approximate surface area is 185 Å². The number of sulfonamides is 1. The van der Waals surface area contributed by atoms with Gasteiger partial charge in [0.25, 0.3) is 5.91 Å². The summed E-state index contributed by atoms with van der Waals surface area (Å²) in [5.74, 6) is -0.383. The van der Waals surface area contributed by atoms with Crippen LogP contribution < -0.4 is 14.4 Å². The first kappa shape index (κ1) is 21.8. The van der Waals surface area contributed by atoms with Crippen LogP contribution in [0.2, 0.25) is 0 Å². The van der Waals surface area contributed by atoms with E-state index in [-0.39, 0.29) is 24.2 Å². The zero-order valence-corrected chi connectivity index (χ0v) is 18.4. The van der Waals surface area contributed by atoms with Crippen molar-refractivity contribution in [1.82, 2.24) is 10.3 Å². The molecule has 166 valence electrons. The SMILES string of the molecule is CC1Cc2cc(C(=O)NCc3ccc(Oc4cccnc4)c(F)c3)ccc2N1S(C)(=O)=O. The number of hydrogen-bond donors (Lipinski definition) is 1. The van der Waals surface area contributed by atoms with Crippen molar-refractivity contribution in [3.63, 3.8) is 0 Å². The lowest BCUT2D eigenvalue weighted by atomic mass is 10.1. The van der Waals surface area contributed by atoms with E-state index < -0.39 is 15.8 Å². The minimum Gasteiger partial charge on any atom is -0.453 e. The number of rotatable bonds is 6. The Hall–Kier alpha value is -3.46. The van der Waals surface area contributed by atoms with Gasteiger partial charge in [0.05, 0.1) is 18.1 Å². The first-order valence-corrected chi connectivity index (χ1v) is 11.8. The van der Waals surface area contributed by atoms with E-state index in [2.05, 4.69) is 10.3 Å². The van der Waals surface area contributed by atoms with Crippen molar-refractivity contribution in [2.24, 2.45) is 0 Å². The number of pyridine rings is 1. The molecule has 1 N–H and O–H groups in total. The summed E-state index contributed by atoms with van der Waals surface area (Å²) in [6, 6.07) is 12.6. The predicted octanol–water partition coefficient (Wildman–Crippen LogP) is 3.65. The fourth-order valence-electron chi connectivity index (χ4n) is 3.81. The molecule has 1 aliphatic heterocycles. The molecule has 32 heavy (non-hydrogen) atoms. The molecule has 1 aliphatic rings. The van der Waals surface area contributed by atoms with Crippen LogP contribution in [0.25, 0.3) is 0 Å². The number of aromatic nitrogens is 1. The predicted molar refractivity (Wildman–Crippen MR) is 119 cm³/mol. The Balaban J connectivity index is 1.42. The minimum absolute atomic E-state index is 0.0660. The van der Waals surface area contributed by atoms with E-state index in [1.807, 2.05) is 6.92 Å². The van der Waals surface area contributed by atoms with E-state index in [4.69, 9.17) is 4.74 Å². The van der Waals surface area contributed by atoms with Crippen LogP contribution in [0.15, 0.2) is 60.9 Å². The third-order valence-electron chi connectivity index (χ3n) is 5.16. The molecule has 0 spiro atoms. The largest absolute Gasteiger partial charge is 0.453 e. The van der Waals surface area contributed by atoms with Gasteiger partial charge in [-0.05, 0) is 66.9 Å². The summed E-state index contributed by atoms with van der Waals surface area (Å²) < 4.78 is 45.3. The zero-order chi connectivity index (χ0) is 22.9. The lowest BCUT2D eigenvalue weighted by Gasteiger charge is -2.21. The second-order valence-corrected chi connectivity index (χ2v) is 9.55. The second-order valence-electron chi connectivity index (χ2n) is 7.69. The molecule has 7 nitrogen and oxygen atoms in total. The molecule has 1 atom stereocenters. The topological polar surface area (TPSA) is 88.6 Å². The molecule has 0 radical (unpaired) electrons. The summed E-state index contributed by atoms with van der Waals surface area (Å²) in [4.78, 5) is 16.5. The number of hydrogen-bond acceptors (Lipinski definition) is 5. The normalized spacial score (nSPS) is 15.3. The molecule has 2 aromatic carbocycles. The molecule has 0 saturated heterocycles. The van der Waals surface area contributed by atoms with Crippen LogP contribution in [0.4, 0.5) is 10.1 Å². The summed E-state index contributed by atoms with van der Waals surface area (Å²) in [7, 11) is -3.39. The minimum atomic E-state index is -3.39. The van der Waals surface area contributed by atoms with Gasteiger partial charge in [-0.3, -0.25) is 14.1 Å². The van der Waals surface area contributed by atoms with Crippen LogP contribution in [0.5, 0.6) is 11.5 Å². The number of ether oxygens (including phenoxy) is 1. The van der Waals surface area contributed by atoms with Crippen molar-refractivity contribution < 1.29 is 22.3 Å². The Kier molecular flexibility index (Phi) is 5.84. The van der Waals surface area contributed by atoms with Gasteiger partial charge in [-0.15, -0.1) is 0 Å². The molecule has 4 rings (SSSR count). The molecule has 0 bridgehead atoms. The molecule has 3 aromatic rings. The van der Waals surface area contributed by atoms with E-state index in [1.165, 1.54) is 28.9 Å². The molecular weight excluding hydrogens is 433 g/mol. The van der Waals surface area contributed by atoms with E-state index in [0.717, 1.165) is 5.56 Å². The first-order valence-electron chi connectivity index (χ1n) is 9.99. The lowest BCUT2D eigenvalue weighted by Crippen LogP contribution is -2.34. The highest BCUT2D eigenvalue weighted by Gasteiger charge is 2.32. The number of halogens is 1. The van der Waals surface area contributed by atoms with E-state index in [0.29, 0.717) is 29.0 Å². The summed E-state index contributed by atoms with van der Waals surface area (Å²) in [5.41, 5.74) is 2.40. The quantitative estimate of drug-likeness (QED) is 0.613. The van der Waals surface area contributed by atoms with Gasteiger partial charge in [0.2, 0.25) is 10.0 Å². The average Bonchev–Trinajstić information content (AvgIpc) is 3.09. The Morgan fingerprint density at radius 1 is 1.25 bits per heavy atom. The number of carbonyl (C=O) groups excluding carboxylic acids is 1. The molecule has 1 amide bonds. The van der Waals surface area contributed by atoms with Crippen molar-refractivity contribution in [2.75, 3.05) is 10.6 Å². The molecule has 9 heteroatoms. The van der Waals surface area contributed by atoms with E-state index >= 15 is 0 Å². The highest BCUT2D eigenvalue weighted by Crippen LogP contribution is 2.34. The van der Waals surface area contributed by atoms with Crippen LogP contribution in [0.1, 0.15) is 28.4 Å². The molecule has 0 saturated carbocycles. The van der Waals surface area contributed by atoms with Crippen molar-refractivity contribution >= 4 is 21.6 Å². The van der Waals surface area contributed by atoms with Gasteiger partial charge in [-0.2, -0.15) is 0 Å². The average molecular weight is 456 g/mol. The van der Waals surface area contributed by atoms with E-state index in [1.54, 1.807) is 42.6 Å². The molecule has 1 aromatic heterocycles. The van der Waals surface area contributed by atoms with Crippen molar-refractivity contribution in [3.05, 3.63) is 83.4 Å². The number of amides is 1. The fraction of sp³-hybridized carbons (Fsp3) is 0.217. The number of nitrogens with zero attached hydrogens (tertiary/aromatic N) is 2. The zero-order valence-electron chi connectivity index (χ0n) is 17.6. The van der Waals surface area contributed by atoms with Crippen molar-refractivity contribution in [2.45, 2.75) is 25.9 Å². The summed E-state index contributed by atoms with van der Waals surface area (Å²) in [6.07, 6.45) is 4.79. The van der Waals surface area contributed by atoms with Gasteiger partial charge in [0, 0.05) is 24.3 Å². The maximum atomic E-state index is 14.4. The van der Waals surface area contributed by atoms with Gasteiger partial charge in [0.15, 0.2) is 11.6 Å². The van der Waals surface area contributed by atoms with Crippen LogP contribution in [-0.2, 0) is 23.0 Å². The van der Waals surface area contributed by atoms with Gasteiger partial charge in [-0.25, -0.2) is 12.8 Å². The van der Waals surface area contributed by atoms with Crippen LogP contribution in [0, 0.1) is 5.82 Å². The monoisotopic (exact) mass is 455 g/mol. The third kappa shape index (κ3) is 4.57. The lowest BCUT2D eigenvalue weighted by molar-refractivity contribution is 0.0950. The van der Waals surface area contributed by atoms with Gasteiger partial charge in [-0.1, -0.05) is 6.07 Å². The maximum absolute atomic E-state index is 14.4. The smallest absolute Gasteiger partial charge is 0.251 e. The fourth-order valence-corrected chi connectivity index (χ4v) is 5.07. The molecule has 1 unspecified atom stereocenters. The summed E-state index contributed by atoms with van der Waals surface area (Å²) >= 11 is 0. The Morgan fingerprint density at radius 2 is 2.06 bits per heavy atom. The molecule has 2 heterocycles. The van der Waals surface area contributed by atoms with Gasteiger partial charge >= 0.3 is 0 Å². The number of anilines is 1. The number of carbonyl (C=O) groups is 1. The molecule has 0 fully saturated rings. The van der Waals surface area contributed by atoms with Crippen LogP contribution in [0.3, 0.4) is 0 Å². The Morgan fingerprint density at radius 3 is 2.75 bits per heavy atom. The number of fused-ring (bicyclic) bond motifs is 1. The summed E-state index contributed by atoms with van der Waals surface area (Å²) in [5, 5.41) is 2.77. The van der Waals surface area contributed by atoms with Crippen LogP contribution >= 0.6 is 0 Å². The molecule has 0 aliphatic carbocycles. The van der Waals surface area contributed by atoms with Gasteiger partial charge in [0.1, 0.15) is 5.75 Å². The van der Waals surface area contributed by atoms with Crippen molar-refractivity contribution in [1.29, 1.82) is 0 Å². The highest BCUT2D eigenvalue weighted by atomic mass is 32.2.